The summed E-state index contributed by atoms with van der Waals surface area (Å²) in [5.74, 6) is 0. The molecule has 3 saturated carbocycles. The molecular formula is C11H13NOS. The minimum atomic E-state index is 0.307. The molecule has 1 N–H and O–H groups in total. The number of aromatic nitrogens is 1. The van der Waals surface area contributed by atoms with Gasteiger partial charge in [-0.3, -0.25) is 0 Å². The van der Waals surface area contributed by atoms with Crippen LogP contribution in [0.5, 0.6) is 0 Å². The van der Waals surface area contributed by atoms with Gasteiger partial charge in [-0.2, -0.15) is 0 Å². The van der Waals surface area contributed by atoms with Gasteiger partial charge in [0.1, 0.15) is 0 Å². The highest BCUT2D eigenvalue weighted by molar-refractivity contribution is 8.00. The summed E-state index contributed by atoms with van der Waals surface area (Å²) in [4.78, 5) is 4.32. The fraction of sp³-hybridized carbons (Fsp3) is 0.545. The Bertz CT molecular complexity index is 332. The molecule has 0 atom stereocenters. The van der Waals surface area contributed by atoms with Crippen molar-refractivity contribution in [1.29, 1.82) is 0 Å². The van der Waals surface area contributed by atoms with E-state index in [1.807, 2.05) is 30.1 Å². The summed E-state index contributed by atoms with van der Waals surface area (Å²) in [6.07, 6.45) is 5.38. The van der Waals surface area contributed by atoms with Crippen molar-refractivity contribution in [2.45, 2.75) is 29.0 Å². The van der Waals surface area contributed by atoms with Gasteiger partial charge in [-0.15, -0.1) is 0 Å². The third-order valence-corrected chi connectivity index (χ3v) is 4.70. The fourth-order valence-electron chi connectivity index (χ4n) is 2.80. The molecule has 3 aliphatic rings. The fourth-order valence-corrected chi connectivity index (χ4v) is 4.64. The van der Waals surface area contributed by atoms with Gasteiger partial charge in [-0.1, -0.05) is 17.8 Å². The third-order valence-electron chi connectivity index (χ3n) is 3.39. The van der Waals surface area contributed by atoms with Crippen LogP contribution in [-0.2, 0) is 0 Å². The second-order valence-corrected chi connectivity index (χ2v) is 6.13. The highest BCUT2D eigenvalue weighted by Gasteiger charge is 2.67. The molecule has 0 unspecified atom stereocenters. The molecule has 14 heavy (non-hydrogen) atoms. The van der Waals surface area contributed by atoms with E-state index < -0.39 is 0 Å². The van der Waals surface area contributed by atoms with Crippen LogP contribution in [0.1, 0.15) is 19.3 Å². The van der Waals surface area contributed by atoms with Crippen molar-refractivity contribution < 1.29 is 5.11 Å². The maximum atomic E-state index is 9.14. The van der Waals surface area contributed by atoms with Crippen LogP contribution in [0, 0.1) is 5.41 Å². The predicted molar refractivity (Wildman–Crippen MR) is 56.2 cm³/mol. The first-order chi connectivity index (χ1) is 6.76. The number of aliphatic hydroxyl groups is 1. The molecule has 0 aromatic carbocycles. The molecule has 1 heterocycles. The quantitative estimate of drug-likeness (QED) is 0.824. The summed E-state index contributed by atoms with van der Waals surface area (Å²) >= 11 is 1.89. The smallest absolute Gasteiger partial charge is 0.0965 e. The molecule has 3 aliphatic carbocycles. The van der Waals surface area contributed by atoms with Gasteiger partial charge in [0, 0.05) is 17.6 Å². The van der Waals surface area contributed by atoms with E-state index in [1.165, 1.54) is 19.3 Å². The molecule has 0 aliphatic heterocycles. The first kappa shape index (κ1) is 8.74. The molecular weight excluding hydrogens is 194 g/mol. The molecule has 1 aromatic rings. The molecule has 2 bridgehead atoms. The predicted octanol–water partition coefficient (Wildman–Crippen LogP) is 2.09. The molecule has 4 rings (SSSR count). The minimum absolute atomic E-state index is 0.307. The van der Waals surface area contributed by atoms with Gasteiger partial charge < -0.3 is 5.11 Å². The van der Waals surface area contributed by atoms with E-state index in [0.29, 0.717) is 16.8 Å². The van der Waals surface area contributed by atoms with Crippen LogP contribution in [0.3, 0.4) is 0 Å². The van der Waals surface area contributed by atoms with Crippen LogP contribution in [-0.4, -0.2) is 21.4 Å². The van der Waals surface area contributed by atoms with Gasteiger partial charge in [0.05, 0.1) is 5.03 Å². The number of aliphatic hydroxyl groups excluding tert-OH is 1. The van der Waals surface area contributed by atoms with E-state index in [4.69, 9.17) is 5.11 Å². The van der Waals surface area contributed by atoms with Crippen molar-refractivity contribution in [1.82, 2.24) is 4.98 Å². The number of hydrogen-bond acceptors (Lipinski definition) is 3. The highest BCUT2D eigenvalue weighted by atomic mass is 32.2. The normalized spacial score (nSPS) is 38.6. The summed E-state index contributed by atoms with van der Waals surface area (Å²) < 4.78 is 0.428. The van der Waals surface area contributed by atoms with Gasteiger partial charge in [0.25, 0.3) is 0 Å². The molecule has 3 fully saturated rings. The molecule has 1 aromatic heterocycles. The van der Waals surface area contributed by atoms with Gasteiger partial charge in [0.2, 0.25) is 0 Å². The Morgan fingerprint density at radius 2 is 2.14 bits per heavy atom. The zero-order valence-corrected chi connectivity index (χ0v) is 8.76. The van der Waals surface area contributed by atoms with Gasteiger partial charge >= 0.3 is 0 Å². The maximum Gasteiger partial charge on any atom is 0.0965 e. The first-order valence-electron chi connectivity index (χ1n) is 4.97. The zero-order valence-electron chi connectivity index (χ0n) is 7.94. The van der Waals surface area contributed by atoms with E-state index >= 15 is 0 Å². The number of rotatable bonds is 3. The van der Waals surface area contributed by atoms with Crippen molar-refractivity contribution in [2.24, 2.45) is 5.41 Å². The molecule has 0 spiro atoms. The lowest BCUT2D eigenvalue weighted by atomic mass is 9.44. The lowest BCUT2D eigenvalue weighted by Crippen LogP contribution is -2.66. The zero-order chi connectivity index (χ0) is 9.65. The summed E-state index contributed by atoms with van der Waals surface area (Å²) in [5, 5.41) is 10.3. The number of pyridine rings is 1. The Morgan fingerprint density at radius 3 is 2.71 bits per heavy atom. The van der Waals surface area contributed by atoms with Crippen molar-refractivity contribution in [3.63, 3.8) is 0 Å². The lowest BCUT2D eigenvalue weighted by Gasteiger charge is -2.69. The second kappa shape index (κ2) is 2.74. The average molecular weight is 207 g/mol. The third kappa shape index (κ3) is 1.12. The van der Waals surface area contributed by atoms with E-state index in [-0.39, 0.29) is 0 Å². The summed E-state index contributed by atoms with van der Waals surface area (Å²) in [6.45, 7) is 0.373. The topological polar surface area (TPSA) is 33.1 Å². The van der Waals surface area contributed by atoms with Crippen LogP contribution in [0.4, 0.5) is 0 Å². The van der Waals surface area contributed by atoms with Crippen LogP contribution in [0.15, 0.2) is 29.4 Å². The first-order valence-corrected chi connectivity index (χ1v) is 5.79. The van der Waals surface area contributed by atoms with Gasteiger partial charge in [0.15, 0.2) is 0 Å². The molecule has 2 nitrogen and oxygen atoms in total. The molecule has 0 radical (unpaired) electrons. The van der Waals surface area contributed by atoms with Crippen molar-refractivity contribution in [3.8, 4) is 0 Å². The summed E-state index contributed by atoms with van der Waals surface area (Å²) in [6, 6.07) is 6.04. The minimum Gasteiger partial charge on any atom is -0.396 e. The van der Waals surface area contributed by atoms with Crippen LogP contribution >= 0.6 is 11.8 Å². The molecule has 74 valence electrons. The molecule has 3 heteroatoms. The van der Waals surface area contributed by atoms with Crippen LogP contribution in [0.25, 0.3) is 0 Å². The van der Waals surface area contributed by atoms with E-state index in [2.05, 4.69) is 11.1 Å². The summed E-state index contributed by atoms with van der Waals surface area (Å²) in [7, 11) is 0. The average Bonchev–Trinajstić information content (AvgIpc) is 2.10. The Labute approximate surface area is 87.7 Å². The van der Waals surface area contributed by atoms with Crippen LogP contribution in [0.2, 0.25) is 0 Å². The Morgan fingerprint density at radius 1 is 1.36 bits per heavy atom. The number of hydrogen-bond donors (Lipinski definition) is 1. The molecule has 0 saturated heterocycles. The van der Waals surface area contributed by atoms with Crippen molar-refractivity contribution in [3.05, 3.63) is 24.4 Å². The van der Waals surface area contributed by atoms with Gasteiger partial charge in [-0.05, 0) is 36.8 Å². The van der Waals surface area contributed by atoms with E-state index in [1.54, 1.807) is 0 Å². The largest absolute Gasteiger partial charge is 0.396 e. The monoisotopic (exact) mass is 207 g/mol. The Balaban J connectivity index is 1.67. The number of nitrogens with zero attached hydrogens (tertiary/aromatic N) is 1. The summed E-state index contributed by atoms with van der Waals surface area (Å²) in [5.41, 5.74) is 0.307. The Kier molecular flexibility index (Phi) is 1.71. The van der Waals surface area contributed by atoms with Crippen LogP contribution < -0.4 is 0 Å². The Hall–Kier alpha value is -0.540. The van der Waals surface area contributed by atoms with E-state index in [9.17, 15) is 0 Å². The lowest BCUT2D eigenvalue weighted by molar-refractivity contribution is -0.112. The molecule has 0 amide bonds. The van der Waals surface area contributed by atoms with Crippen molar-refractivity contribution in [2.75, 3.05) is 6.61 Å². The van der Waals surface area contributed by atoms with E-state index in [0.717, 1.165) is 5.03 Å². The van der Waals surface area contributed by atoms with Gasteiger partial charge in [-0.25, -0.2) is 4.98 Å². The standard InChI is InChI=1S/C11H13NOS/c13-8-10-5-11(6-10,7-10)14-9-3-1-2-4-12-9/h1-4,13H,5-8H2. The SMILES string of the molecule is OCC12CC(Sc3ccccn3)(C1)C2. The van der Waals surface area contributed by atoms with Crippen molar-refractivity contribution >= 4 is 11.8 Å². The highest BCUT2D eigenvalue weighted by Crippen LogP contribution is 2.73. The second-order valence-electron chi connectivity index (χ2n) is 4.64. The maximum absolute atomic E-state index is 9.14. The number of thioether (sulfide) groups is 1.